The summed E-state index contributed by atoms with van der Waals surface area (Å²) in [5.74, 6) is -1.000. The minimum atomic E-state index is -0.997. The molecule has 0 unspecified atom stereocenters. The van der Waals surface area contributed by atoms with E-state index in [1.807, 2.05) is 51.1 Å². The zero-order valence-electron chi connectivity index (χ0n) is 12.4. The van der Waals surface area contributed by atoms with Crippen LogP contribution in [0.2, 0.25) is 0 Å². The first-order valence-electron chi connectivity index (χ1n) is 6.78. The number of aromatic carboxylic acids is 1. The minimum absolute atomic E-state index is 0.00313. The maximum absolute atomic E-state index is 12.4. The lowest BCUT2D eigenvalue weighted by Gasteiger charge is -2.18. The second kappa shape index (κ2) is 5.52. The summed E-state index contributed by atoms with van der Waals surface area (Å²) in [6, 6.07) is 14.0. The van der Waals surface area contributed by atoms with E-state index in [2.05, 4.69) is 0 Å². The van der Waals surface area contributed by atoms with Crippen LogP contribution < -0.4 is 0 Å². The van der Waals surface area contributed by atoms with Gasteiger partial charge in [-0.05, 0) is 23.3 Å². The Morgan fingerprint density at radius 3 is 2.10 bits per heavy atom. The molecular weight excluding hydrogens is 264 g/mol. The average molecular weight is 282 g/mol. The fourth-order valence-corrected chi connectivity index (χ4v) is 2.16. The number of ketones is 1. The maximum atomic E-state index is 12.4. The van der Waals surface area contributed by atoms with Gasteiger partial charge in [-0.15, -0.1) is 0 Å². The molecule has 0 aromatic heterocycles. The monoisotopic (exact) mass is 282 g/mol. The Hall–Kier alpha value is -2.42. The lowest BCUT2D eigenvalue weighted by Crippen LogP contribution is -2.20. The predicted octanol–water partition coefficient (Wildman–Crippen LogP) is 4.28. The van der Waals surface area contributed by atoms with Crippen molar-refractivity contribution < 1.29 is 14.7 Å². The minimum Gasteiger partial charge on any atom is -0.478 e. The third-order valence-corrected chi connectivity index (χ3v) is 3.28. The summed E-state index contributed by atoms with van der Waals surface area (Å²) >= 11 is 0. The molecule has 0 aliphatic heterocycles. The van der Waals surface area contributed by atoms with Crippen LogP contribution in [0.3, 0.4) is 0 Å². The lowest BCUT2D eigenvalue weighted by molar-refractivity contribution is 0.0697. The number of carboxylic acid groups (broad SMARTS) is 1. The summed E-state index contributed by atoms with van der Waals surface area (Å²) in [5, 5.41) is 9.33. The highest BCUT2D eigenvalue weighted by molar-refractivity contribution is 6.03. The van der Waals surface area contributed by atoms with Crippen molar-refractivity contribution in [3.8, 4) is 11.1 Å². The van der Waals surface area contributed by atoms with Crippen LogP contribution >= 0.6 is 0 Å². The maximum Gasteiger partial charge on any atom is 0.336 e. The van der Waals surface area contributed by atoms with Crippen molar-refractivity contribution in [2.24, 2.45) is 5.41 Å². The van der Waals surface area contributed by atoms with Gasteiger partial charge in [-0.25, -0.2) is 4.79 Å². The Bertz CT molecular complexity index is 679. The van der Waals surface area contributed by atoms with Crippen LogP contribution in [0.5, 0.6) is 0 Å². The largest absolute Gasteiger partial charge is 0.478 e. The quantitative estimate of drug-likeness (QED) is 0.855. The van der Waals surface area contributed by atoms with Crippen molar-refractivity contribution in [3.63, 3.8) is 0 Å². The summed E-state index contributed by atoms with van der Waals surface area (Å²) in [4.78, 5) is 23.8. The van der Waals surface area contributed by atoms with Gasteiger partial charge in [-0.3, -0.25) is 4.79 Å². The van der Waals surface area contributed by atoms with Crippen LogP contribution in [0.15, 0.2) is 48.5 Å². The first-order valence-corrected chi connectivity index (χ1v) is 6.78. The Morgan fingerprint density at radius 1 is 0.952 bits per heavy atom. The normalized spacial score (nSPS) is 11.2. The van der Waals surface area contributed by atoms with Crippen molar-refractivity contribution in [1.82, 2.24) is 0 Å². The molecule has 0 heterocycles. The molecule has 3 nitrogen and oxygen atoms in total. The van der Waals surface area contributed by atoms with Gasteiger partial charge in [-0.2, -0.15) is 0 Å². The van der Waals surface area contributed by atoms with E-state index in [-0.39, 0.29) is 11.3 Å². The number of carbonyl (C=O) groups is 2. The van der Waals surface area contributed by atoms with Gasteiger partial charge in [0.15, 0.2) is 5.78 Å². The average Bonchev–Trinajstić information content (AvgIpc) is 2.45. The first-order chi connectivity index (χ1) is 9.80. The number of benzene rings is 2. The van der Waals surface area contributed by atoms with Crippen LogP contribution in [-0.4, -0.2) is 16.9 Å². The van der Waals surface area contributed by atoms with Crippen molar-refractivity contribution in [1.29, 1.82) is 0 Å². The first kappa shape index (κ1) is 15.0. The van der Waals surface area contributed by atoms with Gasteiger partial charge in [0, 0.05) is 11.0 Å². The highest BCUT2D eigenvalue weighted by Gasteiger charge is 2.24. The van der Waals surface area contributed by atoms with Gasteiger partial charge in [0.25, 0.3) is 0 Å². The van der Waals surface area contributed by atoms with E-state index in [1.54, 1.807) is 12.1 Å². The van der Waals surface area contributed by atoms with Crippen molar-refractivity contribution >= 4 is 11.8 Å². The van der Waals surface area contributed by atoms with E-state index in [0.29, 0.717) is 11.1 Å². The lowest BCUT2D eigenvalue weighted by atomic mass is 9.85. The summed E-state index contributed by atoms with van der Waals surface area (Å²) in [6.07, 6.45) is 0. The van der Waals surface area contributed by atoms with E-state index in [0.717, 1.165) is 5.56 Å². The van der Waals surface area contributed by atoms with Crippen molar-refractivity contribution in [3.05, 3.63) is 59.7 Å². The Labute approximate surface area is 124 Å². The van der Waals surface area contributed by atoms with Gasteiger partial charge < -0.3 is 5.11 Å². The molecule has 108 valence electrons. The van der Waals surface area contributed by atoms with Gasteiger partial charge in [-0.1, -0.05) is 57.2 Å². The smallest absolute Gasteiger partial charge is 0.336 e. The Kier molecular flexibility index (Phi) is 3.94. The number of carboxylic acids is 1. The molecule has 21 heavy (non-hydrogen) atoms. The molecule has 3 heteroatoms. The third kappa shape index (κ3) is 3.19. The molecule has 0 saturated carbocycles. The summed E-state index contributed by atoms with van der Waals surface area (Å²) in [5.41, 5.74) is 1.59. The molecular formula is C18H18O3. The second-order valence-electron chi connectivity index (χ2n) is 6.01. The van der Waals surface area contributed by atoms with Gasteiger partial charge in [0.05, 0.1) is 5.56 Å². The van der Waals surface area contributed by atoms with Crippen LogP contribution in [-0.2, 0) is 0 Å². The summed E-state index contributed by atoms with van der Waals surface area (Å²) < 4.78 is 0. The van der Waals surface area contributed by atoms with Crippen molar-refractivity contribution in [2.45, 2.75) is 20.8 Å². The number of carbonyl (C=O) groups excluding carboxylic acids is 1. The molecule has 0 fully saturated rings. The molecule has 2 aromatic rings. The second-order valence-corrected chi connectivity index (χ2v) is 6.01. The van der Waals surface area contributed by atoms with E-state index in [4.69, 9.17) is 0 Å². The number of hydrogen-bond donors (Lipinski definition) is 1. The highest BCUT2D eigenvalue weighted by atomic mass is 16.4. The molecule has 2 rings (SSSR count). The number of hydrogen-bond acceptors (Lipinski definition) is 2. The van der Waals surface area contributed by atoms with Crippen LogP contribution in [0.1, 0.15) is 41.5 Å². The number of Topliss-reactive ketones (excluding diaryl/α,β-unsaturated/α-hetero) is 1. The van der Waals surface area contributed by atoms with Crippen LogP contribution in [0.25, 0.3) is 11.1 Å². The molecule has 0 bridgehead atoms. The molecule has 0 atom stereocenters. The SMILES string of the molecule is CC(C)(C)C(=O)c1ccc(C(=O)O)c(-c2ccccc2)c1. The number of rotatable bonds is 3. The van der Waals surface area contributed by atoms with Gasteiger partial charge in [0.2, 0.25) is 0 Å². The van der Waals surface area contributed by atoms with Gasteiger partial charge >= 0.3 is 5.97 Å². The van der Waals surface area contributed by atoms with E-state index in [1.165, 1.54) is 6.07 Å². The van der Waals surface area contributed by atoms with E-state index >= 15 is 0 Å². The zero-order valence-corrected chi connectivity index (χ0v) is 12.4. The molecule has 2 aromatic carbocycles. The standard InChI is InChI=1S/C18H18O3/c1-18(2,3)16(19)13-9-10-14(17(20)21)15(11-13)12-7-5-4-6-8-12/h4-11H,1-3H3,(H,20,21). The third-order valence-electron chi connectivity index (χ3n) is 3.28. The molecule has 0 spiro atoms. The van der Waals surface area contributed by atoms with Gasteiger partial charge in [0.1, 0.15) is 0 Å². The topological polar surface area (TPSA) is 54.4 Å². The fraction of sp³-hybridized carbons (Fsp3) is 0.222. The summed E-state index contributed by atoms with van der Waals surface area (Å²) in [6.45, 7) is 5.55. The van der Waals surface area contributed by atoms with E-state index < -0.39 is 11.4 Å². The molecule has 0 amide bonds. The van der Waals surface area contributed by atoms with Crippen LogP contribution in [0, 0.1) is 5.41 Å². The van der Waals surface area contributed by atoms with Crippen molar-refractivity contribution in [2.75, 3.05) is 0 Å². The van der Waals surface area contributed by atoms with E-state index in [9.17, 15) is 14.7 Å². The molecule has 0 radical (unpaired) electrons. The Morgan fingerprint density at radius 2 is 1.57 bits per heavy atom. The predicted molar refractivity (Wildman–Crippen MR) is 82.6 cm³/mol. The molecule has 0 aliphatic carbocycles. The molecule has 1 N–H and O–H groups in total. The fourth-order valence-electron chi connectivity index (χ4n) is 2.16. The van der Waals surface area contributed by atoms with Crippen LogP contribution in [0.4, 0.5) is 0 Å². The molecule has 0 saturated heterocycles. The summed E-state index contributed by atoms with van der Waals surface area (Å²) in [7, 11) is 0. The molecule has 0 aliphatic rings. The highest BCUT2D eigenvalue weighted by Crippen LogP contribution is 2.28. The Balaban J connectivity index is 2.61. The zero-order chi connectivity index (χ0) is 15.6.